The van der Waals surface area contributed by atoms with Gasteiger partial charge in [0, 0.05) is 5.56 Å². The molecule has 1 aromatic heterocycles. The van der Waals surface area contributed by atoms with Crippen LogP contribution in [0.4, 0.5) is 0 Å². The maximum atomic E-state index is 12.2. The molecule has 0 unspecified atom stereocenters. The maximum absolute atomic E-state index is 12.2. The van der Waals surface area contributed by atoms with Crippen molar-refractivity contribution in [3.63, 3.8) is 0 Å². The summed E-state index contributed by atoms with van der Waals surface area (Å²) in [4.78, 5) is 19.6. The molecule has 0 atom stereocenters. The molecule has 0 aliphatic carbocycles. The third kappa shape index (κ3) is 3.25. The highest BCUT2D eigenvalue weighted by Crippen LogP contribution is 2.32. The monoisotopic (exact) mass is 324 g/mol. The largest absolute Gasteiger partial charge is 0.490 e. The van der Waals surface area contributed by atoms with E-state index in [2.05, 4.69) is 9.97 Å². The van der Waals surface area contributed by atoms with E-state index in [0.717, 1.165) is 5.56 Å². The van der Waals surface area contributed by atoms with Crippen LogP contribution in [-0.2, 0) is 0 Å². The zero-order valence-electron chi connectivity index (χ0n) is 14.0. The van der Waals surface area contributed by atoms with Crippen LogP contribution in [0.25, 0.3) is 22.3 Å². The Morgan fingerprint density at radius 1 is 1.12 bits per heavy atom. The molecule has 0 amide bonds. The Hall–Kier alpha value is -2.82. The SMILES string of the molecule is CCOc1cc(-c2nc3ccccc3c(=O)[nH]2)ccc1OC(C)C. The van der Waals surface area contributed by atoms with E-state index in [-0.39, 0.29) is 11.7 Å². The van der Waals surface area contributed by atoms with Crippen LogP contribution in [0.5, 0.6) is 11.5 Å². The summed E-state index contributed by atoms with van der Waals surface area (Å²) >= 11 is 0. The average molecular weight is 324 g/mol. The molecule has 0 radical (unpaired) electrons. The van der Waals surface area contributed by atoms with Crippen molar-refractivity contribution in [1.82, 2.24) is 9.97 Å². The first-order valence-electron chi connectivity index (χ1n) is 8.01. The van der Waals surface area contributed by atoms with E-state index in [1.54, 1.807) is 6.07 Å². The predicted molar refractivity (Wildman–Crippen MR) is 94.7 cm³/mol. The summed E-state index contributed by atoms with van der Waals surface area (Å²) in [5.74, 6) is 1.83. The number of aromatic nitrogens is 2. The molecule has 2 aromatic carbocycles. The fourth-order valence-corrected chi connectivity index (χ4v) is 2.50. The molecule has 1 heterocycles. The van der Waals surface area contributed by atoms with E-state index in [1.165, 1.54) is 0 Å². The lowest BCUT2D eigenvalue weighted by Gasteiger charge is -2.15. The van der Waals surface area contributed by atoms with Gasteiger partial charge in [0.05, 0.1) is 23.6 Å². The summed E-state index contributed by atoms with van der Waals surface area (Å²) < 4.78 is 11.4. The van der Waals surface area contributed by atoms with Crippen LogP contribution >= 0.6 is 0 Å². The van der Waals surface area contributed by atoms with Crippen molar-refractivity contribution in [2.24, 2.45) is 0 Å². The molecule has 124 valence electrons. The summed E-state index contributed by atoms with van der Waals surface area (Å²) in [5.41, 5.74) is 1.28. The summed E-state index contributed by atoms with van der Waals surface area (Å²) in [7, 11) is 0. The predicted octanol–water partition coefficient (Wildman–Crippen LogP) is 3.78. The highest BCUT2D eigenvalue weighted by Gasteiger charge is 2.11. The van der Waals surface area contributed by atoms with Crippen LogP contribution in [0.2, 0.25) is 0 Å². The molecule has 0 saturated carbocycles. The minimum atomic E-state index is -0.156. The molecule has 1 N–H and O–H groups in total. The Morgan fingerprint density at radius 3 is 2.67 bits per heavy atom. The number of nitrogens with zero attached hydrogens (tertiary/aromatic N) is 1. The summed E-state index contributed by atoms with van der Waals surface area (Å²) in [5, 5.41) is 0.575. The summed E-state index contributed by atoms with van der Waals surface area (Å²) in [6.07, 6.45) is 0.0497. The van der Waals surface area contributed by atoms with E-state index >= 15 is 0 Å². The zero-order chi connectivity index (χ0) is 17.1. The van der Waals surface area contributed by atoms with Crippen molar-refractivity contribution in [1.29, 1.82) is 0 Å². The van der Waals surface area contributed by atoms with E-state index < -0.39 is 0 Å². The normalized spacial score (nSPS) is 11.0. The molecular weight excluding hydrogens is 304 g/mol. The first-order chi connectivity index (χ1) is 11.6. The number of ether oxygens (including phenoxy) is 2. The molecule has 0 spiro atoms. The Labute approximate surface area is 140 Å². The van der Waals surface area contributed by atoms with Gasteiger partial charge in [0.1, 0.15) is 5.82 Å². The molecule has 3 rings (SSSR count). The van der Waals surface area contributed by atoms with Gasteiger partial charge in [-0.1, -0.05) is 12.1 Å². The van der Waals surface area contributed by atoms with Crippen molar-refractivity contribution in [3.8, 4) is 22.9 Å². The number of nitrogens with one attached hydrogen (secondary N) is 1. The lowest BCUT2D eigenvalue weighted by molar-refractivity contribution is 0.224. The molecule has 24 heavy (non-hydrogen) atoms. The number of H-pyrrole nitrogens is 1. The minimum Gasteiger partial charge on any atom is -0.490 e. The smallest absolute Gasteiger partial charge is 0.259 e. The van der Waals surface area contributed by atoms with Crippen molar-refractivity contribution in [3.05, 3.63) is 52.8 Å². The molecular formula is C19H20N2O3. The standard InChI is InChI=1S/C19H20N2O3/c1-4-23-17-11-13(9-10-16(17)24-12(2)3)18-20-15-8-6-5-7-14(15)19(22)21-18/h5-12H,4H2,1-3H3,(H,20,21,22). The van der Waals surface area contributed by atoms with Gasteiger partial charge in [-0.15, -0.1) is 0 Å². The van der Waals surface area contributed by atoms with E-state index in [9.17, 15) is 4.79 Å². The van der Waals surface area contributed by atoms with Crippen LogP contribution in [0, 0.1) is 0 Å². The molecule has 0 fully saturated rings. The molecule has 5 nitrogen and oxygen atoms in total. The summed E-state index contributed by atoms with van der Waals surface area (Å²) in [6, 6.07) is 12.8. The highest BCUT2D eigenvalue weighted by atomic mass is 16.5. The number of para-hydroxylation sites is 1. The molecule has 3 aromatic rings. The first kappa shape index (κ1) is 16.1. The zero-order valence-corrected chi connectivity index (χ0v) is 14.0. The highest BCUT2D eigenvalue weighted by molar-refractivity contribution is 5.79. The molecule has 0 aliphatic heterocycles. The second-order valence-corrected chi connectivity index (χ2v) is 5.69. The van der Waals surface area contributed by atoms with Crippen molar-refractivity contribution in [2.75, 3.05) is 6.61 Å². The van der Waals surface area contributed by atoms with Gasteiger partial charge < -0.3 is 14.5 Å². The van der Waals surface area contributed by atoms with Crippen LogP contribution in [0.3, 0.4) is 0 Å². The van der Waals surface area contributed by atoms with Crippen molar-refractivity contribution < 1.29 is 9.47 Å². The molecule has 0 aliphatic rings. The Morgan fingerprint density at radius 2 is 1.92 bits per heavy atom. The number of benzene rings is 2. The molecule has 0 bridgehead atoms. The van der Waals surface area contributed by atoms with Crippen LogP contribution < -0.4 is 15.0 Å². The number of hydrogen-bond donors (Lipinski definition) is 1. The summed E-state index contributed by atoms with van der Waals surface area (Å²) in [6.45, 7) is 6.37. The van der Waals surface area contributed by atoms with Crippen LogP contribution in [0.15, 0.2) is 47.3 Å². The lowest BCUT2D eigenvalue weighted by Crippen LogP contribution is -2.10. The van der Waals surface area contributed by atoms with Gasteiger partial charge in [0.15, 0.2) is 11.5 Å². The second-order valence-electron chi connectivity index (χ2n) is 5.69. The van der Waals surface area contributed by atoms with Gasteiger partial charge in [-0.3, -0.25) is 4.79 Å². The van der Waals surface area contributed by atoms with Gasteiger partial charge in [0.2, 0.25) is 0 Å². The number of aromatic amines is 1. The van der Waals surface area contributed by atoms with E-state index in [0.29, 0.717) is 34.8 Å². The first-order valence-corrected chi connectivity index (χ1v) is 8.01. The number of rotatable bonds is 5. The molecule has 5 heteroatoms. The third-order valence-corrected chi connectivity index (χ3v) is 3.49. The fraction of sp³-hybridized carbons (Fsp3) is 0.263. The Kier molecular flexibility index (Phi) is 4.51. The van der Waals surface area contributed by atoms with Gasteiger partial charge in [-0.2, -0.15) is 0 Å². The van der Waals surface area contributed by atoms with Gasteiger partial charge >= 0.3 is 0 Å². The Balaban J connectivity index is 2.09. The topological polar surface area (TPSA) is 64.2 Å². The molecule has 0 saturated heterocycles. The minimum absolute atomic E-state index is 0.0497. The number of fused-ring (bicyclic) bond motifs is 1. The second kappa shape index (κ2) is 6.74. The van der Waals surface area contributed by atoms with E-state index in [1.807, 2.05) is 57.2 Å². The maximum Gasteiger partial charge on any atom is 0.259 e. The Bertz CT molecular complexity index is 916. The third-order valence-electron chi connectivity index (χ3n) is 3.49. The lowest BCUT2D eigenvalue weighted by atomic mass is 10.1. The van der Waals surface area contributed by atoms with Crippen LogP contribution in [0.1, 0.15) is 20.8 Å². The number of hydrogen-bond acceptors (Lipinski definition) is 4. The van der Waals surface area contributed by atoms with Crippen LogP contribution in [-0.4, -0.2) is 22.7 Å². The fourth-order valence-electron chi connectivity index (χ4n) is 2.50. The van der Waals surface area contributed by atoms with Crippen molar-refractivity contribution in [2.45, 2.75) is 26.9 Å². The van der Waals surface area contributed by atoms with Gasteiger partial charge in [-0.05, 0) is 51.1 Å². The quantitative estimate of drug-likeness (QED) is 0.776. The van der Waals surface area contributed by atoms with Gasteiger partial charge in [0.25, 0.3) is 5.56 Å². The van der Waals surface area contributed by atoms with Crippen molar-refractivity contribution >= 4 is 10.9 Å². The van der Waals surface area contributed by atoms with E-state index in [4.69, 9.17) is 9.47 Å². The average Bonchev–Trinajstić information content (AvgIpc) is 2.56. The van der Waals surface area contributed by atoms with Gasteiger partial charge in [-0.25, -0.2) is 4.98 Å².